The number of aromatic nitrogens is 1. The van der Waals surface area contributed by atoms with Crippen molar-refractivity contribution in [1.82, 2.24) is 15.2 Å². The molecule has 164 valence electrons. The highest BCUT2D eigenvalue weighted by molar-refractivity contribution is 6.32. The number of carbonyl (C=O) groups excluding carboxylic acids is 1. The fourth-order valence-corrected chi connectivity index (χ4v) is 3.93. The van der Waals surface area contributed by atoms with Crippen LogP contribution in [-0.2, 0) is 11.2 Å². The fourth-order valence-electron chi connectivity index (χ4n) is 3.68. The fraction of sp³-hybridized carbons (Fsp3) is 0.545. The van der Waals surface area contributed by atoms with Crippen LogP contribution in [0.15, 0.2) is 24.4 Å². The number of β-amino-alcohol motifs (C(OH)–C–C–N with tert-alkyl or cyclic N) is 1. The van der Waals surface area contributed by atoms with E-state index in [0.29, 0.717) is 18.0 Å². The van der Waals surface area contributed by atoms with Crippen molar-refractivity contribution >= 4 is 28.6 Å². The number of alkyl carbamates (subject to hydrolysis) is 1. The van der Waals surface area contributed by atoms with Crippen LogP contribution >= 0.6 is 11.6 Å². The van der Waals surface area contributed by atoms with E-state index in [2.05, 4.69) is 15.2 Å². The highest BCUT2D eigenvalue weighted by Gasteiger charge is 2.30. The third kappa shape index (κ3) is 5.74. The predicted octanol–water partition coefficient (Wildman–Crippen LogP) is 3.40. The Labute approximate surface area is 182 Å². The Bertz CT molecular complexity index is 900. The van der Waals surface area contributed by atoms with E-state index >= 15 is 0 Å². The van der Waals surface area contributed by atoms with Gasteiger partial charge in [0.15, 0.2) is 0 Å². The van der Waals surface area contributed by atoms with Gasteiger partial charge in [-0.05, 0) is 57.4 Å². The maximum absolute atomic E-state index is 12.0. The van der Waals surface area contributed by atoms with Crippen LogP contribution in [0.2, 0.25) is 5.02 Å². The summed E-state index contributed by atoms with van der Waals surface area (Å²) < 4.78 is 10.6. The van der Waals surface area contributed by atoms with Crippen molar-refractivity contribution in [3.63, 3.8) is 0 Å². The number of nitrogens with one attached hydrogen (secondary N) is 1. The average molecular weight is 436 g/mol. The summed E-state index contributed by atoms with van der Waals surface area (Å²) in [7, 11) is 1.63. The van der Waals surface area contributed by atoms with E-state index in [4.69, 9.17) is 21.1 Å². The second-order valence-electron chi connectivity index (χ2n) is 8.63. The Hall–Kier alpha value is -2.09. The summed E-state index contributed by atoms with van der Waals surface area (Å²) in [5, 5.41) is 14.9. The van der Waals surface area contributed by atoms with Gasteiger partial charge in [0.05, 0.1) is 29.8 Å². The zero-order valence-electron chi connectivity index (χ0n) is 17.9. The normalized spacial score (nSPS) is 20.2. The Balaban J connectivity index is 1.60. The lowest BCUT2D eigenvalue weighted by Crippen LogP contribution is -2.54. The molecule has 1 fully saturated rings. The molecular weight excluding hydrogens is 406 g/mol. The molecule has 30 heavy (non-hydrogen) atoms. The molecule has 1 amide bonds. The molecule has 2 atom stereocenters. The zero-order chi connectivity index (χ0) is 21.9. The van der Waals surface area contributed by atoms with E-state index in [0.717, 1.165) is 41.7 Å². The number of benzene rings is 1. The second kappa shape index (κ2) is 9.37. The minimum Gasteiger partial charge on any atom is -0.497 e. The molecule has 7 nitrogen and oxygen atoms in total. The van der Waals surface area contributed by atoms with Gasteiger partial charge in [-0.25, -0.2) is 4.79 Å². The van der Waals surface area contributed by atoms with E-state index in [1.54, 1.807) is 13.3 Å². The highest BCUT2D eigenvalue weighted by atomic mass is 35.5. The van der Waals surface area contributed by atoms with Crippen molar-refractivity contribution in [2.75, 3.05) is 26.7 Å². The summed E-state index contributed by atoms with van der Waals surface area (Å²) in [6.07, 6.45) is 1.90. The number of rotatable bonds is 5. The molecule has 2 aromatic rings. The Morgan fingerprint density at radius 2 is 2.17 bits per heavy atom. The van der Waals surface area contributed by atoms with Gasteiger partial charge >= 0.3 is 6.09 Å². The van der Waals surface area contributed by atoms with Crippen LogP contribution in [0, 0.1) is 0 Å². The molecule has 1 aliphatic rings. The largest absolute Gasteiger partial charge is 0.497 e. The minimum absolute atomic E-state index is 0.314. The van der Waals surface area contributed by atoms with E-state index < -0.39 is 17.8 Å². The first-order valence-electron chi connectivity index (χ1n) is 10.2. The van der Waals surface area contributed by atoms with Gasteiger partial charge in [0.2, 0.25) is 0 Å². The number of carbonyl (C=O) groups is 1. The summed E-state index contributed by atoms with van der Waals surface area (Å²) in [5.74, 6) is 0.761. The van der Waals surface area contributed by atoms with Crippen LogP contribution < -0.4 is 10.1 Å². The number of aliphatic hydroxyl groups excluding tert-OH is 1. The number of piperidine rings is 1. The van der Waals surface area contributed by atoms with Gasteiger partial charge in [-0.2, -0.15) is 0 Å². The zero-order valence-corrected chi connectivity index (χ0v) is 18.7. The van der Waals surface area contributed by atoms with Crippen LogP contribution in [0.25, 0.3) is 10.9 Å². The first-order chi connectivity index (χ1) is 14.2. The van der Waals surface area contributed by atoms with Crippen LogP contribution in [0.4, 0.5) is 4.79 Å². The molecule has 1 aliphatic heterocycles. The quantitative estimate of drug-likeness (QED) is 0.748. The van der Waals surface area contributed by atoms with E-state index in [1.807, 2.05) is 39.0 Å². The number of halogens is 1. The first-order valence-corrected chi connectivity index (χ1v) is 10.5. The first kappa shape index (κ1) is 22.6. The van der Waals surface area contributed by atoms with Crippen molar-refractivity contribution in [1.29, 1.82) is 0 Å². The van der Waals surface area contributed by atoms with Gasteiger partial charge in [-0.15, -0.1) is 0 Å². The smallest absolute Gasteiger partial charge is 0.407 e. The molecule has 3 rings (SSSR count). The topological polar surface area (TPSA) is 83.9 Å². The number of hydrogen-bond donors (Lipinski definition) is 2. The van der Waals surface area contributed by atoms with E-state index in [9.17, 15) is 9.90 Å². The van der Waals surface area contributed by atoms with Gasteiger partial charge in [-0.1, -0.05) is 11.6 Å². The minimum atomic E-state index is -0.656. The van der Waals surface area contributed by atoms with Gasteiger partial charge in [0.25, 0.3) is 0 Å². The maximum atomic E-state index is 12.0. The predicted molar refractivity (Wildman–Crippen MR) is 117 cm³/mol. The SMILES string of the molecule is COc1ccc2ncc(Cl)c(CCN3CCC(NC(=O)OC(C)(C)C)C(O)C3)c2c1. The molecule has 0 aliphatic carbocycles. The van der Waals surface area contributed by atoms with Crippen LogP contribution in [0.3, 0.4) is 0 Å². The average Bonchev–Trinajstić information content (AvgIpc) is 2.67. The van der Waals surface area contributed by atoms with Crippen molar-refractivity contribution in [3.8, 4) is 5.75 Å². The number of fused-ring (bicyclic) bond motifs is 1. The number of aliphatic hydroxyl groups is 1. The van der Waals surface area contributed by atoms with E-state index in [-0.39, 0.29) is 6.04 Å². The Morgan fingerprint density at radius 1 is 1.40 bits per heavy atom. The lowest BCUT2D eigenvalue weighted by molar-refractivity contribution is 0.0204. The molecule has 2 unspecified atom stereocenters. The maximum Gasteiger partial charge on any atom is 0.407 e. The second-order valence-corrected chi connectivity index (χ2v) is 9.03. The Kier molecular flexibility index (Phi) is 7.06. The molecule has 0 spiro atoms. The van der Waals surface area contributed by atoms with Crippen LogP contribution in [0.1, 0.15) is 32.8 Å². The van der Waals surface area contributed by atoms with Crippen LogP contribution in [-0.4, -0.2) is 65.6 Å². The molecule has 2 N–H and O–H groups in total. The molecule has 1 aromatic carbocycles. The highest BCUT2D eigenvalue weighted by Crippen LogP contribution is 2.28. The molecule has 0 radical (unpaired) electrons. The van der Waals surface area contributed by atoms with Crippen molar-refractivity contribution in [2.45, 2.75) is 51.4 Å². The third-order valence-electron chi connectivity index (χ3n) is 5.18. The number of methoxy groups -OCH3 is 1. The van der Waals surface area contributed by atoms with Crippen LogP contribution in [0.5, 0.6) is 5.75 Å². The van der Waals surface area contributed by atoms with Crippen molar-refractivity contribution < 1.29 is 19.4 Å². The number of amides is 1. The molecule has 2 heterocycles. The number of likely N-dealkylation sites (tertiary alicyclic amines) is 1. The summed E-state index contributed by atoms with van der Waals surface area (Å²) in [6, 6.07) is 5.44. The molecule has 0 bridgehead atoms. The standard InChI is InChI=1S/C22H30ClN3O4/c1-22(2,3)30-21(28)25-19-8-10-26(13-20(19)27)9-7-15-16-11-14(29-4)5-6-18(16)24-12-17(15)23/h5-6,11-12,19-20,27H,7-10,13H2,1-4H3,(H,25,28). The lowest BCUT2D eigenvalue weighted by atomic mass is 10.0. The Morgan fingerprint density at radius 3 is 2.83 bits per heavy atom. The molecule has 8 heteroatoms. The van der Waals surface area contributed by atoms with Gasteiger partial charge in [0, 0.05) is 31.2 Å². The van der Waals surface area contributed by atoms with Gasteiger partial charge < -0.3 is 24.8 Å². The summed E-state index contributed by atoms with van der Waals surface area (Å²) in [4.78, 5) is 18.6. The van der Waals surface area contributed by atoms with Crippen molar-refractivity contribution in [3.05, 3.63) is 35.0 Å². The summed E-state index contributed by atoms with van der Waals surface area (Å²) in [5.41, 5.74) is 1.32. The summed E-state index contributed by atoms with van der Waals surface area (Å²) in [6.45, 7) is 7.43. The van der Waals surface area contributed by atoms with E-state index in [1.165, 1.54) is 0 Å². The molecule has 0 saturated carbocycles. The number of ether oxygens (including phenoxy) is 2. The molecule has 1 saturated heterocycles. The van der Waals surface area contributed by atoms with Gasteiger partial charge in [0.1, 0.15) is 11.4 Å². The number of pyridine rings is 1. The number of nitrogens with zero attached hydrogens (tertiary/aromatic N) is 2. The molecular formula is C22H30ClN3O4. The van der Waals surface area contributed by atoms with Crippen molar-refractivity contribution in [2.24, 2.45) is 0 Å². The lowest BCUT2D eigenvalue weighted by Gasteiger charge is -2.36. The monoisotopic (exact) mass is 435 g/mol. The van der Waals surface area contributed by atoms with Gasteiger partial charge in [-0.3, -0.25) is 4.98 Å². The molecule has 1 aromatic heterocycles. The third-order valence-corrected chi connectivity index (χ3v) is 5.51. The summed E-state index contributed by atoms with van der Waals surface area (Å²) >= 11 is 6.45. The number of hydrogen-bond acceptors (Lipinski definition) is 6.